The number of non-ortho nitro benzene ring substituents is 1. The molecule has 0 amide bonds. The average Bonchev–Trinajstić information content (AvgIpc) is 2.71. The molecule has 0 fully saturated rings. The third-order valence-corrected chi connectivity index (χ3v) is 6.06. The molecule has 1 unspecified atom stereocenters. The number of allylic oxidation sites excluding steroid dienone is 2. The van der Waals surface area contributed by atoms with E-state index in [0.29, 0.717) is 40.8 Å². The van der Waals surface area contributed by atoms with Gasteiger partial charge in [-0.25, -0.2) is 4.79 Å². The number of nitro benzene ring substituents is 1. The molecule has 1 aromatic heterocycles. The fourth-order valence-corrected chi connectivity index (χ4v) is 4.76. The second-order valence-corrected chi connectivity index (χ2v) is 8.91. The molecule has 0 radical (unpaired) electrons. The molecule has 3 aromatic rings. The molecule has 0 saturated heterocycles. The van der Waals surface area contributed by atoms with Gasteiger partial charge in [-0.15, -0.1) is 0 Å². The van der Waals surface area contributed by atoms with Gasteiger partial charge in [-0.3, -0.25) is 14.9 Å². The van der Waals surface area contributed by atoms with Gasteiger partial charge in [0, 0.05) is 41.1 Å². The minimum atomic E-state index is -0.642. The van der Waals surface area contributed by atoms with Crippen molar-refractivity contribution in [3.05, 3.63) is 91.5 Å². The second-order valence-electron chi connectivity index (χ2n) is 8.91. The van der Waals surface area contributed by atoms with Crippen molar-refractivity contribution in [3.63, 3.8) is 0 Å². The highest BCUT2D eigenvalue weighted by Crippen LogP contribution is 2.49. The Morgan fingerprint density at radius 1 is 1.06 bits per heavy atom. The molecule has 0 bridgehead atoms. The van der Waals surface area contributed by atoms with Crippen molar-refractivity contribution >= 4 is 28.1 Å². The molecule has 1 atom stereocenters. The number of carbonyl (C=O) groups excluding carboxylic acids is 1. The van der Waals surface area contributed by atoms with E-state index in [1.165, 1.54) is 12.1 Å². The Morgan fingerprint density at radius 3 is 2.48 bits per heavy atom. The van der Waals surface area contributed by atoms with Crippen LogP contribution in [-0.2, 0) is 4.79 Å². The monoisotopic (exact) mass is 416 g/mol. The van der Waals surface area contributed by atoms with E-state index in [9.17, 15) is 19.7 Å². The molecular weight excluding hydrogens is 396 g/mol. The fraction of sp³-hybridized carbons (Fsp3) is 0.250. The Hall–Kier alpha value is -3.74. The molecule has 156 valence electrons. The molecule has 2 heterocycles. The highest BCUT2D eigenvalue weighted by molar-refractivity contribution is 6.04. The number of nitrogens with zero attached hydrogens (tertiary/aromatic N) is 1. The van der Waals surface area contributed by atoms with E-state index in [-0.39, 0.29) is 16.9 Å². The van der Waals surface area contributed by atoms with Gasteiger partial charge in [0.05, 0.1) is 16.2 Å². The van der Waals surface area contributed by atoms with Gasteiger partial charge in [0.15, 0.2) is 5.78 Å². The summed E-state index contributed by atoms with van der Waals surface area (Å²) >= 11 is 0. The Bertz CT molecular complexity index is 1350. The molecule has 7 heteroatoms. The first kappa shape index (κ1) is 19.2. The lowest BCUT2D eigenvalue weighted by Crippen LogP contribution is -2.35. The molecule has 2 aromatic carbocycles. The van der Waals surface area contributed by atoms with Crippen molar-refractivity contribution in [1.82, 2.24) is 0 Å². The smallest absolute Gasteiger partial charge is 0.342 e. The van der Waals surface area contributed by atoms with Gasteiger partial charge < -0.3 is 9.73 Å². The summed E-state index contributed by atoms with van der Waals surface area (Å²) in [6.45, 7) is 4.09. The number of fused-ring (bicyclic) bond motifs is 3. The molecule has 1 N–H and O–H groups in total. The van der Waals surface area contributed by atoms with Crippen LogP contribution in [0.1, 0.15) is 43.7 Å². The number of rotatable bonds is 2. The minimum Gasteiger partial charge on any atom is -0.422 e. The van der Waals surface area contributed by atoms with Gasteiger partial charge in [0.1, 0.15) is 5.58 Å². The molecule has 7 nitrogen and oxygen atoms in total. The van der Waals surface area contributed by atoms with Crippen LogP contribution in [0, 0.1) is 15.5 Å². The highest BCUT2D eigenvalue weighted by atomic mass is 16.6. The number of hydrogen-bond acceptors (Lipinski definition) is 6. The van der Waals surface area contributed by atoms with Crippen molar-refractivity contribution in [2.45, 2.75) is 32.6 Å². The van der Waals surface area contributed by atoms with Crippen LogP contribution >= 0.6 is 0 Å². The molecular formula is C24H20N2O5. The summed E-state index contributed by atoms with van der Waals surface area (Å²) in [4.78, 5) is 37.0. The third kappa shape index (κ3) is 3.04. The quantitative estimate of drug-likeness (QED) is 0.362. The van der Waals surface area contributed by atoms with E-state index in [0.717, 1.165) is 11.1 Å². The molecule has 1 aliphatic heterocycles. The summed E-state index contributed by atoms with van der Waals surface area (Å²) in [7, 11) is 0. The standard InChI is InChI=1S/C24H20N2O5/c1-24(2)11-16-20(17(27)12-24)19(13-7-9-14(10-8-13)26(29)30)21-22(25-16)15-5-3-4-6-18(15)31-23(21)28/h3-10,19,25H,11-12H2,1-2H3. The van der Waals surface area contributed by atoms with Crippen LogP contribution in [0.4, 0.5) is 11.4 Å². The third-order valence-electron chi connectivity index (χ3n) is 6.06. The zero-order chi connectivity index (χ0) is 21.9. The lowest BCUT2D eigenvalue weighted by atomic mass is 9.69. The lowest BCUT2D eigenvalue weighted by Gasteiger charge is -2.39. The SMILES string of the molecule is CC1(C)CC(=O)C2=C(C1)Nc1c(c(=O)oc3ccccc13)C2c1ccc([N+](=O)[O-])cc1. The molecule has 31 heavy (non-hydrogen) atoms. The van der Waals surface area contributed by atoms with Crippen LogP contribution in [0.3, 0.4) is 0 Å². The van der Waals surface area contributed by atoms with Gasteiger partial charge in [-0.05, 0) is 29.5 Å². The summed E-state index contributed by atoms with van der Waals surface area (Å²) in [5.41, 5.74) is 2.68. The second kappa shape index (κ2) is 6.63. The molecule has 0 spiro atoms. The first-order chi connectivity index (χ1) is 14.7. The summed E-state index contributed by atoms with van der Waals surface area (Å²) in [6, 6.07) is 13.3. The van der Waals surface area contributed by atoms with E-state index in [1.54, 1.807) is 24.3 Å². The Balaban J connectivity index is 1.81. The maximum atomic E-state index is 13.2. The number of para-hydroxylation sites is 1. The van der Waals surface area contributed by atoms with Crippen LogP contribution in [-0.4, -0.2) is 10.7 Å². The van der Waals surface area contributed by atoms with Crippen LogP contribution < -0.4 is 10.9 Å². The van der Waals surface area contributed by atoms with Gasteiger partial charge in [-0.1, -0.05) is 38.1 Å². The number of nitro groups is 1. The van der Waals surface area contributed by atoms with E-state index >= 15 is 0 Å². The van der Waals surface area contributed by atoms with Crippen molar-refractivity contribution in [3.8, 4) is 0 Å². The summed E-state index contributed by atoms with van der Waals surface area (Å²) in [6.07, 6.45) is 1.02. The van der Waals surface area contributed by atoms with E-state index < -0.39 is 16.5 Å². The number of Topliss-reactive ketones (excluding diaryl/α,β-unsaturated/α-hetero) is 1. The Morgan fingerprint density at radius 2 is 1.77 bits per heavy atom. The zero-order valence-corrected chi connectivity index (χ0v) is 17.1. The highest BCUT2D eigenvalue weighted by Gasteiger charge is 2.42. The van der Waals surface area contributed by atoms with Gasteiger partial charge in [0.25, 0.3) is 5.69 Å². The van der Waals surface area contributed by atoms with Crippen molar-refractivity contribution in [2.75, 3.05) is 5.32 Å². The number of benzene rings is 2. The van der Waals surface area contributed by atoms with Crippen LogP contribution in [0.15, 0.2) is 69.0 Å². The van der Waals surface area contributed by atoms with E-state index in [4.69, 9.17) is 4.42 Å². The van der Waals surface area contributed by atoms with Gasteiger partial charge in [0.2, 0.25) is 0 Å². The number of carbonyl (C=O) groups is 1. The zero-order valence-electron chi connectivity index (χ0n) is 17.1. The average molecular weight is 416 g/mol. The summed E-state index contributed by atoms with van der Waals surface area (Å²) < 4.78 is 5.59. The topological polar surface area (TPSA) is 102 Å². The van der Waals surface area contributed by atoms with Crippen molar-refractivity contribution in [1.29, 1.82) is 0 Å². The van der Waals surface area contributed by atoms with E-state index in [1.807, 2.05) is 26.0 Å². The number of hydrogen-bond donors (Lipinski definition) is 1. The first-order valence-corrected chi connectivity index (χ1v) is 10.1. The molecule has 1 aliphatic carbocycles. The predicted molar refractivity (Wildman–Crippen MR) is 116 cm³/mol. The maximum Gasteiger partial charge on any atom is 0.342 e. The van der Waals surface area contributed by atoms with Crippen molar-refractivity contribution < 1.29 is 14.1 Å². The van der Waals surface area contributed by atoms with Crippen molar-refractivity contribution in [2.24, 2.45) is 5.41 Å². The summed E-state index contributed by atoms with van der Waals surface area (Å²) in [5.74, 6) is -0.670. The van der Waals surface area contributed by atoms with Gasteiger partial charge >= 0.3 is 5.63 Å². The van der Waals surface area contributed by atoms with Gasteiger partial charge in [-0.2, -0.15) is 0 Å². The first-order valence-electron chi connectivity index (χ1n) is 10.1. The Kier molecular flexibility index (Phi) is 4.12. The molecule has 2 aliphatic rings. The number of ketones is 1. The normalized spacial score (nSPS) is 19.5. The molecule has 0 saturated carbocycles. The minimum absolute atomic E-state index is 0.0275. The lowest BCUT2D eigenvalue weighted by molar-refractivity contribution is -0.384. The van der Waals surface area contributed by atoms with Crippen LogP contribution in [0.25, 0.3) is 11.0 Å². The molecule has 5 rings (SSSR count). The van der Waals surface area contributed by atoms with Crippen LogP contribution in [0.5, 0.6) is 0 Å². The Labute approximate surface area is 177 Å². The summed E-state index contributed by atoms with van der Waals surface area (Å²) in [5, 5.41) is 15.3. The number of nitrogens with one attached hydrogen (secondary N) is 1. The predicted octanol–water partition coefficient (Wildman–Crippen LogP) is 4.90. The maximum absolute atomic E-state index is 13.2. The largest absolute Gasteiger partial charge is 0.422 e. The fourth-order valence-electron chi connectivity index (χ4n) is 4.76. The number of anilines is 1. The van der Waals surface area contributed by atoms with Crippen LogP contribution in [0.2, 0.25) is 0 Å². The van der Waals surface area contributed by atoms with E-state index in [2.05, 4.69) is 5.32 Å².